The van der Waals surface area contributed by atoms with Crippen molar-refractivity contribution in [3.05, 3.63) is 89.2 Å². The minimum atomic E-state index is -5.06. The highest BCUT2D eigenvalue weighted by Gasteiger charge is 2.37. The number of alkyl halides is 6. The molecule has 0 atom stereocenters. The van der Waals surface area contributed by atoms with E-state index in [4.69, 9.17) is 0 Å². The standard InChI is InChI=1S/C26H19F6N3O3S/c1-35(14-15-10-17(25(27,28)29)12-18(11-15)26(30,31)32)23(36)22-21(13-33-24(34-22)39(2,37)38)20-9-5-7-16-6-3-4-8-19(16)20/h3-13H,14H2,1-2H3. The van der Waals surface area contributed by atoms with Gasteiger partial charge in [-0.25, -0.2) is 18.4 Å². The first-order valence-electron chi connectivity index (χ1n) is 11.1. The highest BCUT2D eigenvalue weighted by Crippen LogP contribution is 2.37. The number of hydrogen-bond donors (Lipinski definition) is 0. The van der Waals surface area contributed by atoms with Crippen molar-refractivity contribution in [2.24, 2.45) is 0 Å². The van der Waals surface area contributed by atoms with Gasteiger partial charge in [-0.05, 0) is 40.1 Å². The summed E-state index contributed by atoms with van der Waals surface area (Å²) < 4.78 is 104. The van der Waals surface area contributed by atoms with Gasteiger partial charge in [0.2, 0.25) is 15.0 Å². The molecule has 0 aliphatic heterocycles. The van der Waals surface area contributed by atoms with Crippen LogP contribution in [0.3, 0.4) is 0 Å². The first-order valence-corrected chi connectivity index (χ1v) is 13.0. The second kappa shape index (κ2) is 9.95. The maximum absolute atomic E-state index is 13.5. The van der Waals surface area contributed by atoms with Crippen LogP contribution in [-0.4, -0.2) is 42.5 Å². The van der Waals surface area contributed by atoms with Gasteiger partial charge in [0.15, 0.2) is 0 Å². The third-order valence-corrected chi connectivity index (χ3v) is 6.65. The molecule has 13 heteroatoms. The quantitative estimate of drug-likeness (QED) is 0.218. The minimum Gasteiger partial charge on any atom is -0.336 e. The predicted molar refractivity (Wildman–Crippen MR) is 130 cm³/mol. The molecule has 4 aromatic rings. The smallest absolute Gasteiger partial charge is 0.336 e. The Morgan fingerprint density at radius 3 is 2.05 bits per heavy atom. The van der Waals surface area contributed by atoms with E-state index in [0.717, 1.165) is 29.8 Å². The van der Waals surface area contributed by atoms with Crippen LogP contribution in [0, 0.1) is 0 Å². The Balaban J connectivity index is 1.82. The molecule has 3 aromatic carbocycles. The number of sulfone groups is 1. The lowest BCUT2D eigenvalue weighted by Crippen LogP contribution is -2.29. The van der Waals surface area contributed by atoms with Crippen molar-refractivity contribution in [2.75, 3.05) is 13.3 Å². The fraction of sp³-hybridized carbons (Fsp3) is 0.192. The first kappa shape index (κ1) is 28.0. The molecule has 0 N–H and O–H groups in total. The maximum atomic E-state index is 13.5. The highest BCUT2D eigenvalue weighted by atomic mass is 32.2. The van der Waals surface area contributed by atoms with Gasteiger partial charge in [0.05, 0.1) is 11.1 Å². The van der Waals surface area contributed by atoms with Gasteiger partial charge in [0, 0.05) is 31.6 Å². The van der Waals surface area contributed by atoms with E-state index in [1.165, 1.54) is 0 Å². The van der Waals surface area contributed by atoms with Crippen LogP contribution in [0.15, 0.2) is 72.0 Å². The van der Waals surface area contributed by atoms with Gasteiger partial charge < -0.3 is 4.90 Å². The third kappa shape index (κ3) is 6.03. The van der Waals surface area contributed by atoms with Gasteiger partial charge in [0.1, 0.15) is 5.69 Å². The van der Waals surface area contributed by atoms with Crippen molar-refractivity contribution in [1.82, 2.24) is 14.9 Å². The molecule has 204 valence electrons. The molecule has 0 fully saturated rings. The fourth-order valence-corrected chi connectivity index (χ4v) is 4.50. The molecule has 0 radical (unpaired) electrons. The molecule has 1 aromatic heterocycles. The van der Waals surface area contributed by atoms with Crippen LogP contribution in [0.4, 0.5) is 26.3 Å². The maximum Gasteiger partial charge on any atom is 0.416 e. The summed E-state index contributed by atoms with van der Waals surface area (Å²) in [4.78, 5) is 22.2. The number of carbonyl (C=O) groups excluding carboxylic acids is 1. The lowest BCUT2D eigenvalue weighted by molar-refractivity contribution is -0.143. The number of amides is 1. The van der Waals surface area contributed by atoms with E-state index in [9.17, 15) is 39.6 Å². The number of fused-ring (bicyclic) bond motifs is 1. The van der Waals surface area contributed by atoms with E-state index in [-0.39, 0.29) is 17.3 Å². The average molecular weight is 568 g/mol. The van der Waals surface area contributed by atoms with E-state index < -0.39 is 56.5 Å². The van der Waals surface area contributed by atoms with Gasteiger partial charge in [-0.3, -0.25) is 4.79 Å². The summed E-state index contributed by atoms with van der Waals surface area (Å²) in [6, 6.07) is 13.3. The zero-order chi connectivity index (χ0) is 28.8. The van der Waals surface area contributed by atoms with Gasteiger partial charge in [-0.2, -0.15) is 26.3 Å². The normalized spacial score (nSPS) is 12.5. The van der Waals surface area contributed by atoms with Crippen molar-refractivity contribution in [3.63, 3.8) is 0 Å². The van der Waals surface area contributed by atoms with Crippen molar-refractivity contribution in [2.45, 2.75) is 24.1 Å². The number of hydrogen-bond acceptors (Lipinski definition) is 5. The molecular formula is C26H19F6N3O3S. The van der Waals surface area contributed by atoms with Gasteiger partial charge in [-0.1, -0.05) is 42.5 Å². The molecule has 6 nitrogen and oxygen atoms in total. The molecule has 0 spiro atoms. The van der Waals surface area contributed by atoms with E-state index in [0.29, 0.717) is 23.1 Å². The van der Waals surface area contributed by atoms with Gasteiger partial charge in [0.25, 0.3) is 5.91 Å². The Kier molecular flexibility index (Phi) is 7.15. The summed E-state index contributed by atoms with van der Waals surface area (Å²) in [6.07, 6.45) is -8.13. The lowest BCUT2D eigenvalue weighted by atomic mass is 9.97. The molecule has 1 amide bonds. The molecule has 0 aliphatic carbocycles. The van der Waals surface area contributed by atoms with E-state index in [1.807, 2.05) is 12.1 Å². The van der Waals surface area contributed by atoms with Crippen LogP contribution in [0.25, 0.3) is 21.9 Å². The molecule has 4 rings (SSSR count). The Morgan fingerprint density at radius 2 is 1.46 bits per heavy atom. The van der Waals surface area contributed by atoms with Crippen LogP contribution in [0.5, 0.6) is 0 Å². The van der Waals surface area contributed by atoms with E-state index in [2.05, 4.69) is 9.97 Å². The summed E-state index contributed by atoms with van der Waals surface area (Å²) in [5.74, 6) is -0.934. The van der Waals surface area contributed by atoms with Gasteiger partial charge in [-0.15, -0.1) is 0 Å². The largest absolute Gasteiger partial charge is 0.416 e. The zero-order valence-corrected chi connectivity index (χ0v) is 21.1. The average Bonchev–Trinajstić information content (AvgIpc) is 2.85. The second-order valence-electron chi connectivity index (χ2n) is 8.79. The molecular weight excluding hydrogens is 548 g/mol. The second-order valence-corrected chi connectivity index (χ2v) is 10.7. The Morgan fingerprint density at radius 1 is 0.872 bits per heavy atom. The summed E-state index contributed by atoms with van der Waals surface area (Å²) in [5.41, 5.74) is -3.25. The summed E-state index contributed by atoms with van der Waals surface area (Å²) in [6.45, 7) is -0.654. The third-order valence-electron chi connectivity index (χ3n) is 5.79. The zero-order valence-electron chi connectivity index (χ0n) is 20.3. The molecule has 39 heavy (non-hydrogen) atoms. The van der Waals surface area contributed by atoms with Crippen LogP contribution in [0.2, 0.25) is 0 Å². The highest BCUT2D eigenvalue weighted by molar-refractivity contribution is 7.90. The van der Waals surface area contributed by atoms with E-state index >= 15 is 0 Å². The number of halogens is 6. The van der Waals surface area contributed by atoms with E-state index in [1.54, 1.807) is 30.3 Å². The van der Waals surface area contributed by atoms with Crippen LogP contribution < -0.4 is 0 Å². The number of nitrogens with zero attached hydrogens (tertiary/aromatic N) is 3. The predicted octanol–water partition coefficient (Wildman–Crippen LogP) is 6.01. The SMILES string of the molecule is CN(Cc1cc(C(F)(F)F)cc(C(F)(F)F)c1)C(=O)c1nc(S(C)(=O)=O)ncc1-c1cccc2ccccc12. The van der Waals surface area contributed by atoms with Crippen LogP contribution in [0.1, 0.15) is 27.2 Å². The molecule has 1 heterocycles. The van der Waals surface area contributed by atoms with Gasteiger partial charge >= 0.3 is 12.4 Å². The number of carbonyl (C=O) groups is 1. The van der Waals surface area contributed by atoms with Crippen molar-refractivity contribution in [3.8, 4) is 11.1 Å². The Hall–Kier alpha value is -4.00. The van der Waals surface area contributed by atoms with Crippen LogP contribution >= 0.6 is 0 Å². The molecule has 0 bridgehead atoms. The molecule has 0 unspecified atom stereocenters. The fourth-order valence-electron chi connectivity index (χ4n) is 4.00. The number of rotatable bonds is 5. The van der Waals surface area contributed by atoms with Crippen LogP contribution in [-0.2, 0) is 28.7 Å². The first-order chi connectivity index (χ1) is 18.1. The topological polar surface area (TPSA) is 80.2 Å². The van der Waals surface area contributed by atoms with Crippen molar-refractivity contribution < 1.29 is 39.6 Å². The molecule has 0 saturated carbocycles. The number of aromatic nitrogens is 2. The monoisotopic (exact) mass is 567 g/mol. The Bertz CT molecular complexity index is 1650. The van der Waals surface area contributed by atoms with Crippen molar-refractivity contribution >= 4 is 26.5 Å². The molecule has 0 aliphatic rings. The number of benzene rings is 3. The molecule has 0 saturated heterocycles. The Labute approximate surface area is 218 Å². The van der Waals surface area contributed by atoms with Crippen molar-refractivity contribution in [1.29, 1.82) is 0 Å². The minimum absolute atomic E-state index is 0.00720. The summed E-state index contributed by atoms with van der Waals surface area (Å²) in [7, 11) is -2.81. The lowest BCUT2D eigenvalue weighted by Gasteiger charge is -2.21. The summed E-state index contributed by atoms with van der Waals surface area (Å²) in [5, 5.41) is 0.805. The summed E-state index contributed by atoms with van der Waals surface area (Å²) >= 11 is 0.